The Balaban J connectivity index is 1.94. The summed E-state index contributed by atoms with van der Waals surface area (Å²) in [4.78, 5) is 15.1. The molecule has 1 heterocycles. The van der Waals surface area contributed by atoms with Crippen LogP contribution < -0.4 is 10.2 Å². The third-order valence-electron chi connectivity index (χ3n) is 3.74. The quantitative estimate of drug-likeness (QED) is 0.889. The highest BCUT2D eigenvalue weighted by Crippen LogP contribution is 2.26. The van der Waals surface area contributed by atoms with E-state index in [9.17, 15) is 18.7 Å². The van der Waals surface area contributed by atoms with Crippen molar-refractivity contribution in [2.45, 2.75) is 31.9 Å². The van der Waals surface area contributed by atoms with E-state index in [1.807, 2.05) is 0 Å². The molecule has 1 fully saturated rings. The topological polar surface area (TPSA) is 55.8 Å². The lowest BCUT2D eigenvalue weighted by atomic mass is 10.1. The maximum atomic E-state index is 13.8. The van der Waals surface area contributed by atoms with Crippen molar-refractivity contribution in [1.29, 1.82) is 0 Å². The maximum Gasteiger partial charge on any atom is 0.317 e. The van der Waals surface area contributed by atoms with E-state index in [0.717, 1.165) is 0 Å². The zero-order chi connectivity index (χ0) is 17.2. The van der Waals surface area contributed by atoms with E-state index in [1.165, 1.54) is 23.1 Å². The van der Waals surface area contributed by atoms with Crippen LogP contribution in [0.25, 0.3) is 0 Å². The van der Waals surface area contributed by atoms with Crippen LogP contribution in [0.3, 0.4) is 0 Å². The number of amides is 2. The van der Waals surface area contributed by atoms with E-state index in [4.69, 9.17) is 0 Å². The first-order chi connectivity index (χ1) is 10.7. The first-order valence-corrected chi connectivity index (χ1v) is 7.60. The molecule has 5 nitrogen and oxygen atoms in total. The Morgan fingerprint density at radius 3 is 2.61 bits per heavy atom. The number of nitrogens with one attached hydrogen (secondary N) is 1. The molecule has 0 aromatic heterocycles. The fourth-order valence-corrected chi connectivity index (χ4v) is 2.81. The number of carbonyl (C=O) groups excluding carboxylic acids is 1. The number of para-hydroxylation sites is 1. The molecule has 2 amide bonds. The molecule has 0 aliphatic carbocycles. The van der Waals surface area contributed by atoms with Crippen molar-refractivity contribution in [2.24, 2.45) is 0 Å². The van der Waals surface area contributed by atoms with Crippen molar-refractivity contribution in [2.75, 3.05) is 31.6 Å². The molecule has 1 aliphatic heterocycles. The first kappa shape index (κ1) is 17.5. The number of hydrogen-bond acceptors (Lipinski definition) is 3. The summed E-state index contributed by atoms with van der Waals surface area (Å²) >= 11 is 0. The van der Waals surface area contributed by atoms with Gasteiger partial charge < -0.3 is 20.2 Å². The molecule has 7 heteroatoms. The summed E-state index contributed by atoms with van der Waals surface area (Å²) in [6.07, 6.45) is 0.607. The molecule has 2 N–H and O–H groups in total. The van der Waals surface area contributed by atoms with Gasteiger partial charge in [-0.1, -0.05) is 6.07 Å². The minimum absolute atomic E-state index is 0.0471. The summed E-state index contributed by atoms with van der Waals surface area (Å²) in [5, 5.41) is 12.6. The van der Waals surface area contributed by atoms with Crippen LogP contribution in [0.5, 0.6) is 0 Å². The number of nitrogens with zero attached hydrogens (tertiary/aromatic N) is 2. The fraction of sp³-hybridized carbons (Fsp3) is 0.562. The Hall–Kier alpha value is -1.89. The first-order valence-electron chi connectivity index (χ1n) is 7.60. The number of urea groups is 1. The van der Waals surface area contributed by atoms with Crippen molar-refractivity contribution >= 4 is 11.7 Å². The highest BCUT2D eigenvalue weighted by atomic mass is 19.1. The third kappa shape index (κ3) is 4.54. The molecular formula is C16H23F2N3O2. The standard InChI is InChI=1S/C16H23F2N3O2/c1-16(2,23)10-20(3)15(22)19-11-7-8-21(9-11)14-12(17)5-4-6-13(14)18/h4-6,11,23H,7-10H2,1-3H3,(H,19,22). The Labute approximate surface area is 134 Å². The lowest BCUT2D eigenvalue weighted by Gasteiger charge is -2.27. The van der Waals surface area contributed by atoms with E-state index in [1.54, 1.807) is 25.8 Å². The number of aliphatic hydroxyl groups is 1. The monoisotopic (exact) mass is 327 g/mol. The molecule has 23 heavy (non-hydrogen) atoms. The van der Waals surface area contributed by atoms with Crippen molar-refractivity contribution in [3.8, 4) is 0 Å². The van der Waals surface area contributed by atoms with Crippen molar-refractivity contribution in [1.82, 2.24) is 10.2 Å². The molecular weight excluding hydrogens is 304 g/mol. The normalized spacial score (nSPS) is 18.2. The van der Waals surface area contributed by atoms with Crippen LogP contribution in [0.4, 0.5) is 19.3 Å². The van der Waals surface area contributed by atoms with Crippen LogP contribution in [0.2, 0.25) is 0 Å². The van der Waals surface area contributed by atoms with Gasteiger partial charge in [-0.2, -0.15) is 0 Å². The summed E-state index contributed by atoms with van der Waals surface area (Å²) in [5.41, 5.74) is -1.03. The van der Waals surface area contributed by atoms with Gasteiger partial charge in [0.25, 0.3) is 0 Å². The SMILES string of the molecule is CN(CC(C)(C)O)C(=O)NC1CCN(c2c(F)cccc2F)C1. The number of benzene rings is 1. The predicted molar refractivity (Wildman–Crippen MR) is 84.4 cm³/mol. The second-order valence-corrected chi connectivity index (χ2v) is 6.62. The van der Waals surface area contributed by atoms with Crippen LogP contribution in [0, 0.1) is 11.6 Å². The lowest BCUT2D eigenvalue weighted by Crippen LogP contribution is -2.48. The van der Waals surface area contributed by atoms with Crippen LogP contribution in [-0.4, -0.2) is 54.4 Å². The average Bonchev–Trinajstić information content (AvgIpc) is 2.84. The summed E-state index contributed by atoms with van der Waals surface area (Å²) in [6, 6.07) is 3.27. The highest BCUT2D eigenvalue weighted by molar-refractivity contribution is 5.74. The Kier molecular flexibility index (Phi) is 5.09. The van der Waals surface area contributed by atoms with Gasteiger partial charge in [0.05, 0.1) is 12.1 Å². The second-order valence-electron chi connectivity index (χ2n) is 6.62. The number of rotatable bonds is 4. The molecule has 0 radical (unpaired) electrons. The summed E-state index contributed by atoms with van der Waals surface area (Å²) in [7, 11) is 1.59. The van der Waals surface area contributed by atoms with Crippen molar-refractivity contribution < 1.29 is 18.7 Å². The van der Waals surface area contributed by atoms with Gasteiger partial charge in [0.2, 0.25) is 0 Å². The minimum Gasteiger partial charge on any atom is -0.389 e. The number of hydrogen-bond donors (Lipinski definition) is 2. The lowest BCUT2D eigenvalue weighted by molar-refractivity contribution is 0.0528. The molecule has 1 unspecified atom stereocenters. The Morgan fingerprint density at radius 2 is 2.04 bits per heavy atom. The highest BCUT2D eigenvalue weighted by Gasteiger charge is 2.29. The van der Waals surface area contributed by atoms with Crippen LogP contribution in [0.15, 0.2) is 18.2 Å². The maximum absolute atomic E-state index is 13.8. The molecule has 2 rings (SSSR count). The van der Waals surface area contributed by atoms with Gasteiger partial charge in [-0.05, 0) is 32.4 Å². The van der Waals surface area contributed by atoms with E-state index < -0.39 is 17.2 Å². The predicted octanol–water partition coefficient (Wildman–Crippen LogP) is 1.96. The zero-order valence-corrected chi connectivity index (χ0v) is 13.6. The average molecular weight is 327 g/mol. The van der Waals surface area contributed by atoms with E-state index >= 15 is 0 Å². The molecule has 1 atom stereocenters. The molecule has 0 saturated carbocycles. The number of anilines is 1. The van der Waals surface area contributed by atoms with Gasteiger partial charge in [-0.15, -0.1) is 0 Å². The molecule has 0 bridgehead atoms. The molecule has 0 spiro atoms. The number of likely N-dealkylation sites (N-methyl/N-ethyl adjacent to an activating group) is 1. The summed E-state index contributed by atoms with van der Waals surface area (Å²) in [5.74, 6) is -1.20. The van der Waals surface area contributed by atoms with Crippen LogP contribution in [0.1, 0.15) is 20.3 Å². The van der Waals surface area contributed by atoms with Gasteiger partial charge in [-0.25, -0.2) is 13.6 Å². The van der Waals surface area contributed by atoms with Gasteiger partial charge in [0, 0.05) is 26.2 Å². The van der Waals surface area contributed by atoms with Gasteiger partial charge in [0.15, 0.2) is 0 Å². The van der Waals surface area contributed by atoms with E-state index in [2.05, 4.69) is 5.32 Å². The van der Waals surface area contributed by atoms with Gasteiger partial charge in [0.1, 0.15) is 17.3 Å². The van der Waals surface area contributed by atoms with E-state index in [0.29, 0.717) is 19.5 Å². The van der Waals surface area contributed by atoms with E-state index in [-0.39, 0.29) is 24.3 Å². The molecule has 1 aliphatic rings. The summed E-state index contributed by atoms with van der Waals surface area (Å²) < 4.78 is 27.6. The largest absolute Gasteiger partial charge is 0.389 e. The smallest absolute Gasteiger partial charge is 0.317 e. The van der Waals surface area contributed by atoms with Crippen LogP contribution in [-0.2, 0) is 0 Å². The molecule has 128 valence electrons. The Bertz CT molecular complexity index is 555. The third-order valence-corrected chi connectivity index (χ3v) is 3.74. The number of halogens is 2. The van der Waals surface area contributed by atoms with Gasteiger partial charge in [-0.3, -0.25) is 0 Å². The Morgan fingerprint density at radius 1 is 1.43 bits per heavy atom. The minimum atomic E-state index is -0.982. The van der Waals surface area contributed by atoms with Crippen molar-refractivity contribution in [3.63, 3.8) is 0 Å². The summed E-state index contributed by atoms with van der Waals surface area (Å²) in [6.45, 7) is 4.25. The fourth-order valence-electron chi connectivity index (χ4n) is 2.81. The zero-order valence-electron chi connectivity index (χ0n) is 13.6. The van der Waals surface area contributed by atoms with Crippen molar-refractivity contribution in [3.05, 3.63) is 29.8 Å². The second kappa shape index (κ2) is 6.70. The van der Waals surface area contributed by atoms with Gasteiger partial charge >= 0.3 is 6.03 Å². The molecule has 1 saturated heterocycles. The van der Waals surface area contributed by atoms with Crippen LogP contribution >= 0.6 is 0 Å². The number of carbonyl (C=O) groups is 1. The molecule has 1 aromatic rings. The molecule has 1 aromatic carbocycles.